The number of piperidine rings is 2. The van der Waals surface area contributed by atoms with Crippen molar-refractivity contribution in [1.29, 1.82) is 0 Å². The van der Waals surface area contributed by atoms with Gasteiger partial charge >= 0.3 is 0 Å². The maximum absolute atomic E-state index is 12.4. The summed E-state index contributed by atoms with van der Waals surface area (Å²) >= 11 is 0. The van der Waals surface area contributed by atoms with E-state index < -0.39 is 0 Å². The molecular weight excluding hydrogens is 340 g/mol. The van der Waals surface area contributed by atoms with Gasteiger partial charge in [0.25, 0.3) is 0 Å². The van der Waals surface area contributed by atoms with Crippen LogP contribution in [0.2, 0.25) is 0 Å². The van der Waals surface area contributed by atoms with Crippen LogP contribution in [0.25, 0.3) is 0 Å². The summed E-state index contributed by atoms with van der Waals surface area (Å²) in [6.45, 7) is 5.17. The molecule has 6 nitrogen and oxygen atoms in total. The van der Waals surface area contributed by atoms with Crippen molar-refractivity contribution in [2.24, 2.45) is 5.92 Å². The standard InChI is InChI=1S/C21H32N4O2/c1-27-20-6-9-22-18(13-20)15-24-11-7-19(8-12-24)25-10-2-3-16(14-25)21(26)23-17-4-5-17/h6,9,13,16-17,19H,2-5,7-8,10-12,14-15H2,1H3,(H,23,26)/t16-/m0/s1. The molecule has 1 N–H and O–H groups in total. The summed E-state index contributed by atoms with van der Waals surface area (Å²) in [5, 5.41) is 3.20. The molecule has 0 radical (unpaired) electrons. The second-order valence-electron chi connectivity index (χ2n) is 8.31. The first-order chi connectivity index (χ1) is 13.2. The summed E-state index contributed by atoms with van der Waals surface area (Å²) in [6.07, 6.45) is 8.72. The third-order valence-electron chi connectivity index (χ3n) is 6.23. The molecule has 2 aliphatic heterocycles. The molecule has 1 aliphatic carbocycles. The van der Waals surface area contributed by atoms with Crippen molar-refractivity contribution in [3.05, 3.63) is 24.0 Å². The number of methoxy groups -OCH3 is 1. The van der Waals surface area contributed by atoms with Gasteiger partial charge in [0.2, 0.25) is 5.91 Å². The molecule has 0 bridgehead atoms. The van der Waals surface area contributed by atoms with Crippen LogP contribution in [0, 0.1) is 5.92 Å². The van der Waals surface area contributed by atoms with Gasteiger partial charge in [-0.3, -0.25) is 19.6 Å². The van der Waals surface area contributed by atoms with E-state index in [-0.39, 0.29) is 5.92 Å². The molecule has 1 atom stereocenters. The van der Waals surface area contributed by atoms with Crippen LogP contribution in [0.4, 0.5) is 0 Å². The van der Waals surface area contributed by atoms with Crippen LogP contribution < -0.4 is 10.1 Å². The molecule has 6 heteroatoms. The van der Waals surface area contributed by atoms with Gasteiger partial charge in [0.05, 0.1) is 18.7 Å². The SMILES string of the molecule is COc1ccnc(CN2CCC(N3CCC[C@H](C(=O)NC4CC4)C3)CC2)c1. The monoisotopic (exact) mass is 372 g/mol. The van der Waals surface area contributed by atoms with Crippen molar-refractivity contribution in [2.45, 2.75) is 57.2 Å². The molecule has 3 aliphatic rings. The topological polar surface area (TPSA) is 57.7 Å². The van der Waals surface area contributed by atoms with Crippen LogP contribution in [0.1, 0.15) is 44.2 Å². The van der Waals surface area contributed by atoms with E-state index in [2.05, 4.69) is 20.1 Å². The molecule has 0 unspecified atom stereocenters. The molecule has 1 aromatic heterocycles. The van der Waals surface area contributed by atoms with E-state index in [4.69, 9.17) is 4.74 Å². The van der Waals surface area contributed by atoms with Crippen molar-refractivity contribution in [3.63, 3.8) is 0 Å². The number of nitrogens with zero attached hydrogens (tertiary/aromatic N) is 3. The number of amides is 1. The second-order valence-corrected chi connectivity index (χ2v) is 8.31. The first kappa shape index (κ1) is 18.7. The lowest BCUT2D eigenvalue weighted by Crippen LogP contribution is -2.50. The summed E-state index contributed by atoms with van der Waals surface area (Å²) in [5.41, 5.74) is 1.07. The quantitative estimate of drug-likeness (QED) is 0.828. The summed E-state index contributed by atoms with van der Waals surface area (Å²) < 4.78 is 5.30. The molecule has 3 heterocycles. The molecule has 0 spiro atoms. The minimum Gasteiger partial charge on any atom is -0.497 e. The summed E-state index contributed by atoms with van der Waals surface area (Å²) in [7, 11) is 1.70. The van der Waals surface area contributed by atoms with Crippen LogP contribution in [-0.4, -0.2) is 66.1 Å². The Kier molecular flexibility index (Phi) is 5.93. The number of hydrogen-bond acceptors (Lipinski definition) is 5. The smallest absolute Gasteiger partial charge is 0.224 e. The Morgan fingerprint density at radius 3 is 2.78 bits per heavy atom. The van der Waals surface area contributed by atoms with E-state index in [1.54, 1.807) is 7.11 Å². The second kappa shape index (κ2) is 8.57. The third-order valence-corrected chi connectivity index (χ3v) is 6.23. The molecule has 148 valence electrons. The van der Waals surface area contributed by atoms with E-state index in [9.17, 15) is 4.79 Å². The van der Waals surface area contributed by atoms with Crippen molar-refractivity contribution in [1.82, 2.24) is 20.1 Å². The highest BCUT2D eigenvalue weighted by Gasteiger charge is 2.33. The number of carbonyl (C=O) groups excluding carboxylic acids is 1. The highest BCUT2D eigenvalue weighted by atomic mass is 16.5. The summed E-state index contributed by atoms with van der Waals surface area (Å²) in [6, 6.07) is 5.01. The van der Waals surface area contributed by atoms with E-state index >= 15 is 0 Å². The number of likely N-dealkylation sites (tertiary alicyclic amines) is 2. The number of hydrogen-bond donors (Lipinski definition) is 1. The van der Waals surface area contributed by atoms with Gasteiger partial charge in [-0.1, -0.05) is 0 Å². The van der Waals surface area contributed by atoms with Gasteiger partial charge in [0.15, 0.2) is 0 Å². The molecule has 1 aromatic rings. The Labute approximate surface area is 162 Å². The van der Waals surface area contributed by atoms with E-state index in [1.165, 1.54) is 25.7 Å². The number of carbonyl (C=O) groups is 1. The maximum atomic E-state index is 12.4. The van der Waals surface area contributed by atoms with Crippen LogP contribution in [0.15, 0.2) is 18.3 Å². The molecule has 2 saturated heterocycles. The van der Waals surface area contributed by atoms with Crippen LogP contribution in [-0.2, 0) is 11.3 Å². The molecule has 27 heavy (non-hydrogen) atoms. The summed E-state index contributed by atoms with van der Waals surface area (Å²) in [5.74, 6) is 1.36. The Hall–Kier alpha value is -1.66. The lowest BCUT2D eigenvalue weighted by atomic mass is 9.93. The van der Waals surface area contributed by atoms with Gasteiger partial charge < -0.3 is 10.1 Å². The van der Waals surface area contributed by atoms with Gasteiger partial charge in [0.1, 0.15) is 5.75 Å². The first-order valence-electron chi connectivity index (χ1n) is 10.5. The fourth-order valence-electron chi connectivity index (χ4n) is 4.44. The molecule has 3 fully saturated rings. The molecular formula is C21H32N4O2. The Bertz CT molecular complexity index is 641. The highest BCUT2D eigenvalue weighted by molar-refractivity contribution is 5.79. The van der Waals surface area contributed by atoms with Crippen LogP contribution in [0.5, 0.6) is 5.75 Å². The van der Waals surface area contributed by atoms with Crippen LogP contribution >= 0.6 is 0 Å². The zero-order chi connectivity index (χ0) is 18.6. The predicted molar refractivity (Wildman–Crippen MR) is 105 cm³/mol. The molecule has 0 aromatic carbocycles. The lowest BCUT2D eigenvalue weighted by Gasteiger charge is -2.42. The third kappa shape index (κ3) is 4.99. The highest BCUT2D eigenvalue weighted by Crippen LogP contribution is 2.26. The van der Waals surface area contributed by atoms with Crippen molar-refractivity contribution >= 4 is 5.91 Å². The normalized spacial score (nSPS) is 25.3. The Morgan fingerprint density at radius 1 is 1.22 bits per heavy atom. The number of pyridine rings is 1. The van der Waals surface area contributed by atoms with Crippen molar-refractivity contribution in [2.75, 3.05) is 33.3 Å². The van der Waals surface area contributed by atoms with Gasteiger partial charge in [-0.05, 0) is 51.1 Å². The Morgan fingerprint density at radius 2 is 2.04 bits per heavy atom. The zero-order valence-electron chi connectivity index (χ0n) is 16.4. The largest absolute Gasteiger partial charge is 0.497 e. The van der Waals surface area contributed by atoms with Gasteiger partial charge in [-0.15, -0.1) is 0 Å². The number of aromatic nitrogens is 1. The molecule has 1 saturated carbocycles. The van der Waals surface area contributed by atoms with E-state index in [0.717, 1.165) is 57.0 Å². The van der Waals surface area contributed by atoms with Crippen LogP contribution in [0.3, 0.4) is 0 Å². The van der Waals surface area contributed by atoms with E-state index in [0.29, 0.717) is 18.0 Å². The zero-order valence-corrected chi connectivity index (χ0v) is 16.4. The fraction of sp³-hybridized carbons (Fsp3) is 0.714. The fourth-order valence-corrected chi connectivity index (χ4v) is 4.44. The average Bonchev–Trinajstić information content (AvgIpc) is 3.53. The average molecular weight is 373 g/mol. The van der Waals surface area contributed by atoms with Gasteiger partial charge in [0, 0.05) is 50.5 Å². The van der Waals surface area contributed by atoms with Gasteiger partial charge in [-0.25, -0.2) is 0 Å². The van der Waals surface area contributed by atoms with Gasteiger partial charge in [-0.2, -0.15) is 0 Å². The van der Waals surface area contributed by atoms with Crippen molar-refractivity contribution < 1.29 is 9.53 Å². The number of rotatable bonds is 6. The predicted octanol–water partition coefficient (Wildman–Crippen LogP) is 2.05. The van der Waals surface area contributed by atoms with E-state index in [1.807, 2.05) is 18.3 Å². The number of nitrogens with one attached hydrogen (secondary N) is 1. The van der Waals surface area contributed by atoms with Crippen molar-refractivity contribution in [3.8, 4) is 5.75 Å². The minimum absolute atomic E-state index is 0.193. The summed E-state index contributed by atoms with van der Waals surface area (Å²) in [4.78, 5) is 22.0. The number of ether oxygens (including phenoxy) is 1. The molecule has 1 amide bonds. The first-order valence-corrected chi connectivity index (χ1v) is 10.5. The molecule has 4 rings (SSSR count). The minimum atomic E-state index is 0.193. The maximum Gasteiger partial charge on any atom is 0.224 e. The Balaban J connectivity index is 1.25. The lowest BCUT2D eigenvalue weighted by molar-refractivity contribution is -0.127.